The highest BCUT2D eigenvalue weighted by Gasteiger charge is 2.20. The number of aryl methyl sites for hydroxylation is 3. The summed E-state index contributed by atoms with van der Waals surface area (Å²) < 4.78 is 28.4. The van der Waals surface area contributed by atoms with Crippen molar-refractivity contribution in [3.05, 3.63) is 69.8 Å². The zero-order valence-electron chi connectivity index (χ0n) is 16.1. The van der Waals surface area contributed by atoms with E-state index in [1.807, 2.05) is 6.92 Å². The molecular formula is C24H30F2. The fraction of sp³-hybridized carbons (Fsp3) is 0.500. The number of benzene rings is 2. The molecule has 1 atom stereocenters. The normalized spacial score (nSPS) is 16.5. The molecule has 0 spiro atoms. The number of rotatable bonds is 7. The van der Waals surface area contributed by atoms with E-state index < -0.39 is 0 Å². The first kappa shape index (κ1) is 19.1. The molecule has 0 heterocycles. The van der Waals surface area contributed by atoms with E-state index in [9.17, 15) is 8.78 Å². The van der Waals surface area contributed by atoms with Crippen molar-refractivity contribution in [3.8, 4) is 0 Å². The molecule has 2 heteroatoms. The van der Waals surface area contributed by atoms with Gasteiger partial charge < -0.3 is 0 Å². The third-order valence-electron chi connectivity index (χ3n) is 5.83. The zero-order valence-corrected chi connectivity index (χ0v) is 16.1. The van der Waals surface area contributed by atoms with Crippen LogP contribution in [0.2, 0.25) is 0 Å². The van der Waals surface area contributed by atoms with Gasteiger partial charge in [-0.15, -0.1) is 0 Å². The second-order valence-corrected chi connectivity index (χ2v) is 7.75. The van der Waals surface area contributed by atoms with Crippen LogP contribution in [0.1, 0.15) is 67.3 Å². The monoisotopic (exact) mass is 356 g/mol. The van der Waals surface area contributed by atoms with E-state index >= 15 is 0 Å². The SMILES string of the molecule is CCCCc1ccc2c(c1)CCC(CCc1c(F)cc(CC)cc1F)C2. The van der Waals surface area contributed by atoms with Crippen molar-refractivity contribution in [1.29, 1.82) is 0 Å². The molecule has 3 rings (SSSR count). The van der Waals surface area contributed by atoms with Gasteiger partial charge >= 0.3 is 0 Å². The Morgan fingerprint density at radius 1 is 0.923 bits per heavy atom. The van der Waals surface area contributed by atoms with Crippen LogP contribution in [0.5, 0.6) is 0 Å². The van der Waals surface area contributed by atoms with Crippen LogP contribution in [-0.2, 0) is 32.1 Å². The maximum atomic E-state index is 14.2. The van der Waals surface area contributed by atoms with Gasteiger partial charge in [-0.3, -0.25) is 0 Å². The minimum absolute atomic E-state index is 0.267. The first-order valence-electron chi connectivity index (χ1n) is 10.2. The maximum Gasteiger partial charge on any atom is 0.129 e. The summed E-state index contributed by atoms with van der Waals surface area (Å²) in [5.74, 6) is -0.231. The maximum absolute atomic E-state index is 14.2. The molecule has 26 heavy (non-hydrogen) atoms. The van der Waals surface area contributed by atoms with Crippen LogP contribution in [0.3, 0.4) is 0 Å². The second kappa shape index (κ2) is 8.79. The smallest absolute Gasteiger partial charge is 0.129 e. The summed E-state index contributed by atoms with van der Waals surface area (Å²) in [5, 5.41) is 0. The van der Waals surface area contributed by atoms with Crippen molar-refractivity contribution in [3.63, 3.8) is 0 Å². The largest absolute Gasteiger partial charge is 0.207 e. The summed E-state index contributed by atoms with van der Waals surface area (Å²) >= 11 is 0. The molecule has 2 aromatic rings. The lowest BCUT2D eigenvalue weighted by Gasteiger charge is -2.25. The van der Waals surface area contributed by atoms with E-state index in [1.165, 1.54) is 48.1 Å². The van der Waals surface area contributed by atoms with E-state index in [0.717, 1.165) is 31.2 Å². The predicted molar refractivity (Wildman–Crippen MR) is 105 cm³/mol. The van der Waals surface area contributed by atoms with Gasteiger partial charge in [0.05, 0.1) is 0 Å². The van der Waals surface area contributed by atoms with Gasteiger partial charge in [-0.25, -0.2) is 8.78 Å². The number of hydrogen-bond donors (Lipinski definition) is 0. The fourth-order valence-electron chi connectivity index (χ4n) is 4.11. The average Bonchev–Trinajstić information content (AvgIpc) is 2.65. The van der Waals surface area contributed by atoms with Gasteiger partial charge in [0.2, 0.25) is 0 Å². The van der Waals surface area contributed by atoms with Crippen LogP contribution in [0.4, 0.5) is 8.78 Å². The molecule has 0 aliphatic heterocycles. The second-order valence-electron chi connectivity index (χ2n) is 7.75. The van der Waals surface area contributed by atoms with E-state index in [2.05, 4.69) is 25.1 Å². The zero-order chi connectivity index (χ0) is 18.5. The molecule has 140 valence electrons. The van der Waals surface area contributed by atoms with Crippen LogP contribution >= 0.6 is 0 Å². The van der Waals surface area contributed by atoms with Gasteiger partial charge in [0, 0.05) is 5.56 Å². The van der Waals surface area contributed by atoms with Crippen molar-refractivity contribution < 1.29 is 8.78 Å². The molecule has 0 saturated carbocycles. The van der Waals surface area contributed by atoms with Crippen LogP contribution in [0.25, 0.3) is 0 Å². The minimum atomic E-state index is -0.376. The van der Waals surface area contributed by atoms with Crippen LogP contribution in [-0.4, -0.2) is 0 Å². The first-order valence-corrected chi connectivity index (χ1v) is 10.2. The number of hydrogen-bond acceptors (Lipinski definition) is 0. The van der Waals surface area contributed by atoms with Crippen molar-refractivity contribution in [1.82, 2.24) is 0 Å². The molecular weight excluding hydrogens is 326 g/mol. The summed E-state index contributed by atoms with van der Waals surface area (Å²) in [6.45, 7) is 4.14. The van der Waals surface area contributed by atoms with E-state index in [-0.39, 0.29) is 17.2 Å². The van der Waals surface area contributed by atoms with Gasteiger partial charge in [-0.05, 0) is 91.7 Å². The summed E-state index contributed by atoms with van der Waals surface area (Å²) in [7, 11) is 0. The Balaban J connectivity index is 1.62. The van der Waals surface area contributed by atoms with Crippen LogP contribution in [0, 0.1) is 17.6 Å². The van der Waals surface area contributed by atoms with Gasteiger partial charge in [0.1, 0.15) is 11.6 Å². The lowest BCUT2D eigenvalue weighted by atomic mass is 9.80. The molecule has 0 fully saturated rings. The molecule has 1 aliphatic rings. The third-order valence-corrected chi connectivity index (χ3v) is 5.83. The first-order chi connectivity index (χ1) is 12.6. The van der Waals surface area contributed by atoms with Crippen molar-refractivity contribution in [2.45, 2.75) is 71.6 Å². The summed E-state index contributed by atoms with van der Waals surface area (Å²) in [4.78, 5) is 0. The van der Waals surface area contributed by atoms with Crippen molar-refractivity contribution in [2.24, 2.45) is 5.92 Å². The van der Waals surface area contributed by atoms with Crippen LogP contribution < -0.4 is 0 Å². The fourth-order valence-corrected chi connectivity index (χ4v) is 4.11. The Kier molecular flexibility index (Phi) is 6.45. The topological polar surface area (TPSA) is 0 Å². The molecule has 1 aliphatic carbocycles. The average molecular weight is 357 g/mol. The molecule has 0 radical (unpaired) electrons. The Bertz CT molecular complexity index is 725. The highest BCUT2D eigenvalue weighted by molar-refractivity contribution is 5.34. The predicted octanol–water partition coefficient (Wildman–Crippen LogP) is 6.61. The molecule has 2 aromatic carbocycles. The van der Waals surface area contributed by atoms with Crippen molar-refractivity contribution in [2.75, 3.05) is 0 Å². The van der Waals surface area contributed by atoms with E-state index in [0.29, 0.717) is 18.8 Å². The molecule has 0 nitrogen and oxygen atoms in total. The Morgan fingerprint density at radius 2 is 1.69 bits per heavy atom. The van der Waals surface area contributed by atoms with Gasteiger partial charge in [-0.2, -0.15) is 0 Å². The molecule has 0 amide bonds. The molecule has 0 aromatic heterocycles. The highest BCUT2D eigenvalue weighted by atomic mass is 19.1. The standard InChI is InChI=1S/C24H30F2/c1-3-5-6-18-7-10-21-14-19(8-11-20(21)13-18)9-12-22-23(25)15-17(4-2)16-24(22)26/h7,10,13,15-16,19H,3-6,8-9,11-12,14H2,1-2H3. The Hall–Kier alpha value is -1.70. The number of unbranched alkanes of at least 4 members (excludes halogenated alkanes) is 1. The van der Waals surface area contributed by atoms with Crippen molar-refractivity contribution >= 4 is 0 Å². The molecule has 0 bridgehead atoms. The quantitative estimate of drug-likeness (QED) is 0.524. The summed E-state index contributed by atoms with van der Waals surface area (Å²) in [6.07, 6.45) is 8.92. The number of fused-ring (bicyclic) bond motifs is 1. The van der Waals surface area contributed by atoms with E-state index in [4.69, 9.17) is 0 Å². The third kappa shape index (κ3) is 4.52. The minimum Gasteiger partial charge on any atom is -0.207 e. The molecule has 0 saturated heterocycles. The lowest BCUT2D eigenvalue weighted by molar-refractivity contribution is 0.418. The molecule has 1 unspecified atom stereocenters. The van der Waals surface area contributed by atoms with Gasteiger partial charge in [-0.1, -0.05) is 38.5 Å². The molecule has 0 N–H and O–H groups in total. The van der Waals surface area contributed by atoms with E-state index in [1.54, 1.807) is 0 Å². The Morgan fingerprint density at radius 3 is 2.38 bits per heavy atom. The summed E-state index contributed by atoms with van der Waals surface area (Å²) in [6, 6.07) is 9.91. The van der Waals surface area contributed by atoms with Crippen LogP contribution in [0.15, 0.2) is 30.3 Å². The summed E-state index contributed by atoms with van der Waals surface area (Å²) in [5.41, 5.74) is 5.37. The van der Waals surface area contributed by atoms with Gasteiger partial charge in [0.25, 0.3) is 0 Å². The van der Waals surface area contributed by atoms with Gasteiger partial charge in [0.15, 0.2) is 0 Å². The lowest BCUT2D eigenvalue weighted by Crippen LogP contribution is -2.16. The number of halogens is 2. The highest BCUT2D eigenvalue weighted by Crippen LogP contribution is 2.30. The Labute approximate surface area is 156 Å².